The Labute approximate surface area is 164 Å². The summed E-state index contributed by atoms with van der Waals surface area (Å²) in [6.45, 7) is 0.269. The van der Waals surface area contributed by atoms with E-state index in [1.165, 1.54) is 6.07 Å². The van der Waals surface area contributed by atoms with Crippen LogP contribution >= 0.6 is 0 Å². The Hall–Kier alpha value is -3.02. The van der Waals surface area contributed by atoms with Crippen LogP contribution in [0.15, 0.2) is 72.8 Å². The van der Waals surface area contributed by atoms with Crippen LogP contribution in [0, 0.1) is 0 Å². The molecule has 5 nitrogen and oxygen atoms in total. The average Bonchev–Trinajstić information content (AvgIpc) is 2.74. The van der Waals surface area contributed by atoms with Crippen molar-refractivity contribution in [2.24, 2.45) is 0 Å². The minimum absolute atomic E-state index is 0.0406. The summed E-state index contributed by atoms with van der Waals surface area (Å²) in [5.41, 5.74) is 2.42. The zero-order valence-electron chi connectivity index (χ0n) is 15.5. The molecular weight excluding hydrogens is 356 g/mol. The molecule has 0 radical (unpaired) electrons. The monoisotopic (exact) mass is 380 g/mol. The Balaban J connectivity index is 1.80. The van der Waals surface area contributed by atoms with Gasteiger partial charge in [0, 0.05) is 24.1 Å². The first-order chi connectivity index (χ1) is 13.7. The van der Waals surface area contributed by atoms with Gasteiger partial charge in [0.15, 0.2) is 0 Å². The topological polar surface area (TPSA) is 79.2 Å². The Kier molecular flexibility index (Phi) is 6.89. The normalized spacial score (nSPS) is 11.8. The molecule has 0 saturated carbocycles. The first-order valence-corrected chi connectivity index (χ1v) is 9.14. The highest BCUT2D eigenvalue weighted by atomic mass is 16.5. The minimum Gasteiger partial charge on any atom is -0.507 e. The van der Waals surface area contributed by atoms with Crippen LogP contribution in [0.3, 0.4) is 0 Å². The summed E-state index contributed by atoms with van der Waals surface area (Å²) in [5.74, 6) is 0.840. The molecular formula is C23H24O5. The quantitative estimate of drug-likeness (QED) is 0.530. The van der Waals surface area contributed by atoms with Crippen molar-refractivity contribution in [3.63, 3.8) is 0 Å². The molecule has 0 bridgehead atoms. The van der Waals surface area contributed by atoms with E-state index in [4.69, 9.17) is 14.6 Å². The van der Waals surface area contributed by atoms with Crippen molar-refractivity contribution < 1.29 is 24.8 Å². The highest BCUT2D eigenvalue weighted by Crippen LogP contribution is 2.35. The van der Waals surface area contributed by atoms with Crippen molar-refractivity contribution in [1.29, 1.82) is 0 Å². The summed E-state index contributed by atoms with van der Waals surface area (Å²) >= 11 is 0. The molecule has 146 valence electrons. The summed E-state index contributed by atoms with van der Waals surface area (Å²) in [7, 11) is 0. The molecule has 1 unspecified atom stereocenters. The van der Waals surface area contributed by atoms with Crippen LogP contribution in [0.1, 0.15) is 16.7 Å². The van der Waals surface area contributed by atoms with Crippen molar-refractivity contribution in [3.05, 3.63) is 89.5 Å². The van der Waals surface area contributed by atoms with Gasteiger partial charge < -0.3 is 24.8 Å². The summed E-state index contributed by atoms with van der Waals surface area (Å²) in [5, 5.41) is 29.4. The molecule has 3 rings (SSSR count). The maximum absolute atomic E-state index is 10.5. The lowest BCUT2D eigenvalue weighted by Gasteiger charge is -2.17. The number of aromatic hydroxyl groups is 1. The minimum atomic E-state index is -0.985. The fourth-order valence-electron chi connectivity index (χ4n) is 2.80. The molecule has 0 saturated heterocycles. The molecule has 1 atom stereocenters. The van der Waals surface area contributed by atoms with Crippen LogP contribution < -0.4 is 9.47 Å². The van der Waals surface area contributed by atoms with Crippen LogP contribution in [-0.4, -0.2) is 28.0 Å². The van der Waals surface area contributed by atoms with Crippen molar-refractivity contribution >= 4 is 0 Å². The zero-order chi connectivity index (χ0) is 19.8. The van der Waals surface area contributed by atoms with Gasteiger partial charge in [0.2, 0.25) is 0 Å². The van der Waals surface area contributed by atoms with Crippen LogP contribution in [0.2, 0.25) is 0 Å². The predicted molar refractivity (Wildman–Crippen MR) is 106 cm³/mol. The number of benzene rings is 3. The lowest BCUT2D eigenvalue weighted by molar-refractivity contribution is 0.0941. The van der Waals surface area contributed by atoms with Crippen LogP contribution in [0.5, 0.6) is 17.2 Å². The lowest BCUT2D eigenvalue weighted by atomic mass is 10.1. The number of aliphatic hydroxyl groups is 2. The van der Waals surface area contributed by atoms with E-state index in [-0.39, 0.29) is 12.2 Å². The van der Waals surface area contributed by atoms with Gasteiger partial charge in [-0.1, -0.05) is 60.7 Å². The van der Waals surface area contributed by atoms with Crippen molar-refractivity contribution in [1.82, 2.24) is 0 Å². The molecule has 3 aromatic carbocycles. The van der Waals surface area contributed by atoms with Gasteiger partial charge in [0.1, 0.15) is 30.5 Å². The third-order valence-corrected chi connectivity index (χ3v) is 4.29. The molecule has 0 aliphatic carbocycles. The Morgan fingerprint density at radius 3 is 1.93 bits per heavy atom. The van der Waals surface area contributed by atoms with Gasteiger partial charge >= 0.3 is 0 Å². The fraction of sp³-hybridized carbons (Fsp3) is 0.217. The van der Waals surface area contributed by atoms with E-state index in [1.54, 1.807) is 6.07 Å². The molecule has 0 spiro atoms. The summed E-state index contributed by atoms with van der Waals surface area (Å²) in [6, 6.07) is 22.6. The van der Waals surface area contributed by atoms with Crippen LogP contribution in [0.25, 0.3) is 0 Å². The zero-order valence-corrected chi connectivity index (χ0v) is 15.5. The van der Waals surface area contributed by atoms with Gasteiger partial charge in [-0.15, -0.1) is 0 Å². The third-order valence-electron chi connectivity index (χ3n) is 4.29. The van der Waals surface area contributed by atoms with Crippen molar-refractivity contribution in [2.75, 3.05) is 6.61 Å². The number of aliphatic hydroxyl groups excluding tert-OH is 2. The molecule has 0 fully saturated rings. The van der Waals surface area contributed by atoms with E-state index in [9.17, 15) is 10.2 Å². The molecule has 3 N–H and O–H groups in total. The maximum Gasteiger partial charge on any atom is 0.130 e. The number of phenolic OH excluding ortho intramolecular Hbond substituents is 1. The summed E-state index contributed by atoms with van der Waals surface area (Å²) in [6.07, 6.45) is -0.910. The number of hydrogen-bond donors (Lipinski definition) is 3. The Morgan fingerprint density at radius 1 is 0.786 bits per heavy atom. The first kappa shape index (κ1) is 19.7. The highest BCUT2D eigenvalue weighted by molar-refractivity contribution is 5.50. The van der Waals surface area contributed by atoms with Crippen molar-refractivity contribution in [2.45, 2.75) is 25.7 Å². The van der Waals surface area contributed by atoms with E-state index in [0.29, 0.717) is 30.3 Å². The SMILES string of the molecule is OCC(O)Cc1c(O)cc(OCc2ccccc2)cc1OCc1ccccc1. The molecule has 0 aliphatic rings. The Morgan fingerprint density at radius 2 is 1.36 bits per heavy atom. The van der Waals surface area contributed by atoms with E-state index in [1.807, 2.05) is 60.7 Å². The lowest BCUT2D eigenvalue weighted by Crippen LogP contribution is -2.16. The van der Waals surface area contributed by atoms with Gasteiger partial charge in [0.25, 0.3) is 0 Å². The van der Waals surface area contributed by atoms with E-state index in [0.717, 1.165) is 11.1 Å². The average molecular weight is 380 g/mol. The largest absolute Gasteiger partial charge is 0.507 e. The van der Waals surface area contributed by atoms with Crippen molar-refractivity contribution in [3.8, 4) is 17.2 Å². The molecule has 0 heterocycles. The molecule has 28 heavy (non-hydrogen) atoms. The summed E-state index contributed by atoms with van der Waals surface area (Å²) in [4.78, 5) is 0. The van der Waals surface area contributed by atoms with Crippen LogP contribution in [0.4, 0.5) is 0 Å². The second-order valence-electron chi connectivity index (χ2n) is 6.51. The second kappa shape index (κ2) is 9.78. The molecule has 0 aliphatic heterocycles. The van der Waals surface area contributed by atoms with Crippen LogP contribution in [-0.2, 0) is 19.6 Å². The predicted octanol–water partition coefficient (Wildman–Crippen LogP) is 3.45. The number of phenols is 1. The van der Waals surface area contributed by atoms with E-state index >= 15 is 0 Å². The molecule has 0 aromatic heterocycles. The van der Waals surface area contributed by atoms with Gasteiger partial charge in [-0.05, 0) is 11.1 Å². The van der Waals surface area contributed by atoms with E-state index < -0.39 is 12.7 Å². The summed E-state index contributed by atoms with van der Waals surface area (Å²) < 4.78 is 11.7. The molecule has 0 amide bonds. The van der Waals surface area contributed by atoms with Gasteiger partial charge in [-0.25, -0.2) is 0 Å². The van der Waals surface area contributed by atoms with Gasteiger partial charge in [-0.2, -0.15) is 0 Å². The van der Waals surface area contributed by atoms with E-state index in [2.05, 4.69) is 0 Å². The second-order valence-corrected chi connectivity index (χ2v) is 6.51. The number of ether oxygens (including phenoxy) is 2. The maximum atomic E-state index is 10.5. The standard InChI is InChI=1S/C23H24O5/c24-14-19(25)11-21-22(26)12-20(27-15-17-7-3-1-4-8-17)13-23(21)28-16-18-9-5-2-6-10-18/h1-10,12-13,19,24-26H,11,14-16H2. The highest BCUT2D eigenvalue weighted by Gasteiger charge is 2.17. The number of rotatable bonds is 9. The molecule has 5 heteroatoms. The fourth-order valence-corrected chi connectivity index (χ4v) is 2.80. The third kappa shape index (κ3) is 5.49. The smallest absolute Gasteiger partial charge is 0.130 e. The van der Waals surface area contributed by atoms with Gasteiger partial charge in [-0.3, -0.25) is 0 Å². The van der Waals surface area contributed by atoms with Gasteiger partial charge in [0.05, 0.1) is 12.7 Å². The Bertz CT molecular complexity index is 865. The molecule has 3 aromatic rings. The first-order valence-electron chi connectivity index (χ1n) is 9.14. The number of hydrogen-bond acceptors (Lipinski definition) is 5.